The van der Waals surface area contributed by atoms with E-state index in [1.54, 1.807) is 0 Å². The molecule has 0 radical (unpaired) electrons. The first-order chi connectivity index (χ1) is 7.45. The summed E-state index contributed by atoms with van der Waals surface area (Å²) in [4.78, 5) is 0. The predicted octanol–water partition coefficient (Wildman–Crippen LogP) is -1.23. The first-order valence-corrected chi connectivity index (χ1v) is 4.44. The molecule has 8 heteroatoms. The van der Waals surface area contributed by atoms with Crippen molar-refractivity contribution in [3.8, 4) is 17.2 Å². The van der Waals surface area contributed by atoms with E-state index in [0.717, 1.165) is 7.11 Å². The summed E-state index contributed by atoms with van der Waals surface area (Å²) in [5.74, 6) is -0.600. The van der Waals surface area contributed by atoms with Crippen molar-refractivity contribution in [2.45, 2.75) is 0 Å². The summed E-state index contributed by atoms with van der Waals surface area (Å²) >= 11 is 0. The minimum atomic E-state index is -5.23. The molecule has 1 aromatic carbocycles. The van der Waals surface area contributed by atoms with Crippen LogP contribution < -0.4 is 71.1 Å². The van der Waals surface area contributed by atoms with Crippen LogP contribution in [0.1, 0.15) is 0 Å². The Balaban J connectivity index is 0.00000256. The molecule has 0 spiro atoms. The standard InChI is InChI=1S/C9H11BF3O3.K/c1-14-6-4-5-7(15-2)9(16-3)8(6)10(11,12)13;/h4-5H,1-3H3;/q-1;+1. The molecule has 0 atom stereocenters. The molecular weight excluding hydrogens is 263 g/mol. The molecule has 0 heterocycles. The largest absolute Gasteiger partial charge is 1.00 e. The number of hydrogen-bond donors (Lipinski definition) is 0. The predicted molar refractivity (Wildman–Crippen MR) is 54.8 cm³/mol. The molecule has 0 aliphatic rings. The van der Waals surface area contributed by atoms with Gasteiger partial charge in [-0.3, -0.25) is 0 Å². The molecule has 0 saturated heterocycles. The first kappa shape index (κ1) is 17.1. The van der Waals surface area contributed by atoms with Crippen LogP contribution in [0.3, 0.4) is 0 Å². The molecular formula is C9H11BF3KO3. The fourth-order valence-electron chi connectivity index (χ4n) is 1.42. The molecule has 0 N–H and O–H groups in total. The summed E-state index contributed by atoms with van der Waals surface area (Å²) in [5.41, 5.74) is -0.913. The Hall–Kier alpha value is 0.111. The Bertz CT molecular complexity index is 384. The maximum atomic E-state index is 12.8. The van der Waals surface area contributed by atoms with Crippen LogP contribution in [0.5, 0.6) is 17.2 Å². The van der Waals surface area contributed by atoms with Crippen molar-refractivity contribution in [1.82, 2.24) is 0 Å². The SMILES string of the molecule is COc1ccc(OC)c([B-](F)(F)F)c1OC.[K+]. The van der Waals surface area contributed by atoms with Gasteiger partial charge in [0.2, 0.25) is 0 Å². The summed E-state index contributed by atoms with van der Waals surface area (Å²) in [6.07, 6.45) is 0. The smallest absolute Gasteiger partial charge is 0.500 e. The Kier molecular flexibility index (Phi) is 6.93. The number of halogens is 3. The summed E-state index contributed by atoms with van der Waals surface area (Å²) in [6, 6.07) is 2.56. The molecule has 0 bridgehead atoms. The third-order valence-electron chi connectivity index (χ3n) is 2.09. The van der Waals surface area contributed by atoms with Crippen molar-refractivity contribution in [3.63, 3.8) is 0 Å². The van der Waals surface area contributed by atoms with Crippen LogP contribution in [0, 0.1) is 0 Å². The molecule has 90 valence electrons. The van der Waals surface area contributed by atoms with Gasteiger partial charge in [0.05, 0.1) is 27.1 Å². The fourth-order valence-corrected chi connectivity index (χ4v) is 1.42. The van der Waals surface area contributed by atoms with E-state index in [9.17, 15) is 12.9 Å². The van der Waals surface area contributed by atoms with E-state index in [2.05, 4.69) is 4.74 Å². The van der Waals surface area contributed by atoms with Gasteiger partial charge >= 0.3 is 58.4 Å². The molecule has 0 aliphatic carbocycles. The summed E-state index contributed by atoms with van der Waals surface area (Å²) in [6.45, 7) is -5.23. The number of rotatable bonds is 4. The van der Waals surface area contributed by atoms with Crippen LogP contribution in [0.2, 0.25) is 0 Å². The summed E-state index contributed by atoms with van der Waals surface area (Å²) < 4.78 is 52.7. The second kappa shape index (κ2) is 6.89. The number of ether oxygens (including phenoxy) is 3. The van der Waals surface area contributed by atoms with Gasteiger partial charge in [-0.1, -0.05) is 0 Å². The quantitative estimate of drug-likeness (QED) is 0.644. The zero-order valence-corrected chi connectivity index (χ0v) is 13.2. The monoisotopic (exact) mass is 274 g/mol. The molecule has 0 aliphatic heterocycles. The Morgan fingerprint density at radius 3 is 1.71 bits per heavy atom. The van der Waals surface area contributed by atoms with Crippen LogP contribution in [-0.2, 0) is 0 Å². The van der Waals surface area contributed by atoms with Gasteiger partial charge in [-0.25, -0.2) is 0 Å². The zero-order valence-electron chi connectivity index (χ0n) is 10.1. The van der Waals surface area contributed by atoms with Crippen LogP contribution in [0.4, 0.5) is 12.9 Å². The molecule has 0 aromatic heterocycles. The maximum absolute atomic E-state index is 12.8. The van der Waals surface area contributed by atoms with Gasteiger partial charge < -0.3 is 27.2 Å². The Morgan fingerprint density at radius 2 is 1.35 bits per heavy atom. The van der Waals surface area contributed by atoms with Crippen LogP contribution in [0.15, 0.2) is 12.1 Å². The van der Waals surface area contributed by atoms with Crippen molar-refractivity contribution >= 4 is 12.4 Å². The van der Waals surface area contributed by atoms with Gasteiger partial charge in [-0.05, 0) is 17.6 Å². The second-order valence-corrected chi connectivity index (χ2v) is 2.99. The van der Waals surface area contributed by atoms with Crippen molar-refractivity contribution in [1.29, 1.82) is 0 Å². The van der Waals surface area contributed by atoms with E-state index < -0.39 is 12.4 Å². The Morgan fingerprint density at radius 1 is 0.882 bits per heavy atom. The number of benzene rings is 1. The van der Waals surface area contributed by atoms with Gasteiger partial charge in [0.1, 0.15) is 5.75 Å². The molecule has 17 heavy (non-hydrogen) atoms. The van der Waals surface area contributed by atoms with Gasteiger partial charge in [0, 0.05) is 0 Å². The van der Waals surface area contributed by atoms with E-state index in [1.807, 2.05) is 0 Å². The van der Waals surface area contributed by atoms with E-state index in [1.165, 1.54) is 26.4 Å². The third-order valence-corrected chi connectivity index (χ3v) is 2.09. The van der Waals surface area contributed by atoms with Crippen LogP contribution in [-0.4, -0.2) is 28.3 Å². The third kappa shape index (κ3) is 3.79. The van der Waals surface area contributed by atoms with Gasteiger partial charge in [0.15, 0.2) is 5.75 Å². The van der Waals surface area contributed by atoms with Gasteiger partial charge in [-0.2, -0.15) is 0 Å². The van der Waals surface area contributed by atoms with Crippen molar-refractivity contribution in [3.05, 3.63) is 12.1 Å². The van der Waals surface area contributed by atoms with Crippen molar-refractivity contribution < 1.29 is 78.5 Å². The minimum Gasteiger partial charge on any atom is -0.500 e. The average Bonchev–Trinajstić information content (AvgIpc) is 2.25. The molecule has 0 saturated carbocycles. The first-order valence-electron chi connectivity index (χ1n) is 4.44. The normalized spacial score (nSPS) is 10.5. The average molecular weight is 274 g/mol. The van der Waals surface area contributed by atoms with E-state index >= 15 is 0 Å². The molecule has 3 nitrogen and oxygen atoms in total. The van der Waals surface area contributed by atoms with Crippen LogP contribution >= 0.6 is 0 Å². The molecule has 1 rings (SSSR count). The van der Waals surface area contributed by atoms with Gasteiger partial charge in [-0.15, -0.1) is 0 Å². The van der Waals surface area contributed by atoms with Crippen LogP contribution in [0.25, 0.3) is 0 Å². The Labute approximate surface area is 140 Å². The molecule has 0 fully saturated rings. The second-order valence-electron chi connectivity index (χ2n) is 2.99. The zero-order chi connectivity index (χ0) is 12.3. The molecule has 0 unspecified atom stereocenters. The summed E-state index contributed by atoms with van der Waals surface area (Å²) in [5, 5.41) is 0. The van der Waals surface area contributed by atoms with E-state index in [0.29, 0.717) is 0 Å². The van der Waals surface area contributed by atoms with Gasteiger partial charge in [0.25, 0.3) is 0 Å². The fraction of sp³-hybridized carbons (Fsp3) is 0.333. The van der Waals surface area contributed by atoms with Crippen molar-refractivity contribution in [2.24, 2.45) is 0 Å². The van der Waals surface area contributed by atoms with E-state index in [-0.39, 0.29) is 68.6 Å². The molecule has 1 aromatic rings. The topological polar surface area (TPSA) is 27.7 Å². The maximum Gasteiger partial charge on any atom is 1.00 e. The van der Waals surface area contributed by atoms with Crippen molar-refractivity contribution in [2.75, 3.05) is 21.3 Å². The number of hydrogen-bond acceptors (Lipinski definition) is 3. The minimum absolute atomic E-state index is 0. The number of methoxy groups -OCH3 is 3. The van der Waals surface area contributed by atoms with E-state index in [4.69, 9.17) is 9.47 Å². The molecule has 0 amide bonds. The summed E-state index contributed by atoms with van der Waals surface area (Å²) in [7, 11) is 3.60.